The molecule has 1 heterocycles. The van der Waals surface area contributed by atoms with Gasteiger partial charge in [-0.2, -0.15) is 0 Å². The number of carbonyl (C=O) groups excluding carboxylic acids is 1. The highest BCUT2D eigenvalue weighted by atomic mass is 16.3. The quantitative estimate of drug-likeness (QED) is 0.849. The lowest BCUT2D eigenvalue weighted by atomic mass is 9.78. The molecule has 2 aromatic rings. The zero-order valence-corrected chi connectivity index (χ0v) is 15.2. The van der Waals surface area contributed by atoms with Crippen molar-refractivity contribution in [1.29, 1.82) is 0 Å². The van der Waals surface area contributed by atoms with Crippen LogP contribution >= 0.6 is 0 Å². The second-order valence-corrected chi connectivity index (χ2v) is 7.92. The Balaban J connectivity index is 1.91. The minimum atomic E-state index is -1.57. The molecule has 2 aromatic carbocycles. The van der Waals surface area contributed by atoms with E-state index in [1.54, 1.807) is 0 Å². The topological polar surface area (TPSA) is 37.3 Å². The number of hydrogen-bond acceptors (Lipinski definition) is 2. The molecule has 25 heavy (non-hydrogen) atoms. The highest BCUT2D eigenvalue weighted by Gasteiger charge is 2.41. The average molecular weight is 338 g/mol. The van der Waals surface area contributed by atoms with E-state index < -0.39 is 5.60 Å². The molecular weight excluding hydrogens is 310 g/mol. The van der Waals surface area contributed by atoms with Gasteiger partial charge in [-0.25, -0.2) is 0 Å². The number of aliphatic hydroxyl groups is 1. The van der Waals surface area contributed by atoms with Gasteiger partial charge in [-0.15, -0.1) is 0 Å². The van der Waals surface area contributed by atoms with Gasteiger partial charge in [0.25, 0.3) is 0 Å². The van der Waals surface area contributed by atoms with Gasteiger partial charge >= 0.3 is 0 Å². The summed E-state index contributed by atoms with van der Waals surface area (Å²) in [5.41, 5.74) is -0.275. The normalized spacial score (nSPS) is 20.2. The Hall–Kier alpha value is -1.97. The minimum absolute atomic E-state index is 0.100. The van der Waals surface area contributed by atoms with Crippen molar-refractivity contribution in [3.8, 4) is 0 Å². The summed E-state index contributed by atoms with van der Waals surface area (Å²) in [5, 5.41) is 11.5. The summed E-state index contributed by atoms with van der Waals surface area (Å²) >= 11 is 0. The fourth-order valence-corrected chi connectivity index (χ4v) is 4.11. The highest BCUT2D eigenvalue weighted by Crippen LogP contribution is 2.34. The highest BCUT2D eigenvalue weighted by molar-refractivity contribution is 5.92. The van der Waals surface area contributed by atoms with E-state index >= 15 is 0 Å². The first-order chi connectivity index (χ1) is 11.9. The Morgan fingerprint density at radius 3 is 2.04 bits per heavy atom. The molecule has 3 nitrogen and oxygen atoms in total. The van der Waals surface area contributed by atoms with Crippen LogP contribution in [0.3, 0.4) is 0 Å². The van der Waals surface area contributed by atoms with Crippen molar-refractivity contribution >= 4 is 5.78 Å². The lowest BCUT2D eigenvalue weighted by Gasteiger charge is -2.39. The van der Waals surface area contributed by atoms with Gasteiger partial charge in [0, 0.05) is 12.3 Å². The number of piperidine rings is 1. The van der Waals surface area contributed by atoms with Crippen molar-refractivity contribution in [1.82, 2.24) is 0 Å². The molecule has 1 N–H and O–H groups in total. The van der Waals surface area contributed by atoms with E-state index in [1.807, 2.05) is 60.7 Å². The number of quaternary nitrogens is 1. The molecule has 1 aliphatic rings. The summed E-state index contributed by atoms with van der Waals surface area (Å²) in [6, 6.07) is 18.7. The summed E-state index contributed by atoms with van der Waals surface area (Å²) in [4.78, 5) is 13.3. The third kappa shape index (κ3) is 3.83. The molecule has 0 saturated carbocycles. The van der Waals surface area contributed by atoms with Crippen LogP contribution in [0.25, 0.3) is 0 Å². The molecule has 1 unspecified atom stereocenters. The van der Waals surface area contributed by atoms with E-state index in [1.165, 1.54) is 0 Å². The smallest absolute Gasteiger partial charge is 0.174 e. The largest absolute Gasteiger partial charge is 0.373 e. The van der Waals surface area contributed by atoms with Crippen molar-refractivity contribution in [2.45, 2.75) is 24.9 Å². The first kappa shape index (κ1) is 17.8. The molecule has 0 bridgehead atoms. The maximum absolute atomic E-state index is 13.3. The van der Waals surface area contributed by atoms with Crippen LogP contribution in [-0.2, 0) is 10.4 Å². The Bertz CT molecular complexity index is 670. The number of ketones is 1. The molecule has 0 amide bonds. The second kappa shape index (κ2) is 7.11. The van der Waals surface area contributed by atoms with Gasteiger partial charge in [-0.1, -0.05) is 60.7 Å². The summed E-state index contributed by atoms with van der Waals surface area (Å²) in [6.07, 6.45) is 2.62. The van der Waals surface area contributed by atoms with E-state index in [-0.39, 0.29) is 5.78 Å². The number of Topliss-reactive ketones (excluding diaryl/α,β-unsaturated/α-hetero) is 1. The molecule has 3 rings (SSSR count). The SMILES string of the molecule is C[N+]1(C)CCCC(CC(=O)C(O)(c2ccccc2)c2ccccc2)C1. The zero-order valence-electron chi connectivity index (χ0n) is 15.2. The fourth-order valence-electron chi connectivity index (χ4n) is 4.11. The molecule has 1 aliphatic heterocycles. The number of rotatable bonds is 5. The van der Waals surface area contributed by atoms with Gasteiger partial charge in [0.05, 0.1) is 27.2 Å². The predicted octanol–water partition coefficient (Wildman–Crippen LogP) is 3.37. The number of likely N-dealkylation sites (tertiary alicyclic amines) is 1. The lowest BCUT2D eigenvalue weighted by molar-refractivity contribution is -0.898. The summed E-state index contributed by atoms with van der Waals surface area (Å²) in [6.45, 7) is 2.15. The number of benzene rings is 2. The Kier molecular flexibility index (Phi) is 5.07. The molecule has 132 valence electrons. The van der Waals surface area contributed by atoms with Gasteiger partial charge in [0.2, 0.25) is 0 Å². The van der Waals surface area contributed by atoms with E-state index in [0.717, 1.165) is 30.4 Å². The van der Waals surface area contributed by atoms with Gasteiger partial charge in [-0.3, -0.25) is 4.79 Å². The first-order valence-electron chi connectivity index (χ1n) is 9.10. The third-order valence-electron chi connectivity index (χ3n) is 5.39. The lowest BCUT2D eigenvalue weighted by Crippen LogP contribution is -2.49. The van der Waals surface area contributed by atoms with Crippen LogP contribution in [0.4, 0.5) is 0 Å². The number of hydrogen-bond donors (Lipinski definition) is 1. The van der Waals surface area contributed by atoms with E-state index in [4.69, 9.17) is 0 Å². The molecule has 0 spiro atoms. The first-order valence-corrected chi connectivity index (χ1v) is 9.10. The fraction of sp³-hybridized carbons (Fsp3) is 0.409. The average Bonchev–Trinajstić information content (AvgIpc) is 2.61. The zero-order chi connectivity index (χ0) is 17.9. The Labute approximate surface area is 150 Å². The van der Waals surface area contributed by atoms with E-state index in [0.29, 0.717) is 23.5 Å². The molecule has 1 atom stereocenters. The van der Waals surface area contributed by atoms with Crippen molar-refractivity contribution in [2.75, 3.05) is 27.2 Å². The third-order valence-corrected chi connectivity index (χ3v) is 5.39. The van der Waals surface area contributed by atoms with Crippen molar-refractivity contribution in [2.24, 2.45) is 5.92 Å². The maximum atomic E-state index is 13.3. The molecule has 1 saturated heterocycles. The molecule has 1 fully saturated rings. The van der Waals surface area contributed by atoms with Gasteiger partial charge < -0.3 is 9.59 Å². The van der Waals surface area contributed by atoms with Crippen LogP contribution < -0.4 is 0 Å². The molecule has 0 aliphatic carbocycles. The second-order valence-electron chi connectivity index (χ2n) is 7.92. The van der Waals surface area contributed by atoms with Gasteiger partial charge in [-0.05, 0) is 24.0 Å². The van der Waals surface area contributed by atoms with Crippen LogP contribution in [0.5, 0.6) is 0 Å². The van der Waals surface area contributed by atoms with Crippen LogP contribution in [0.1, 0.15) is 30.4 Å². The van der Waals surface area contributed by atoms with Crippen LogP contribution in [0, 0.1) is 5.92 Å². The maximum Gasteiger partial charge on any atom is 0.174 e. The summed E-state index contributed by atoms with van der Waals surface area (Å²) < 4.78 is 0.951. The standard InChI is InChI=1S/C22H28NO2/c1-23(2)15-9-10-18(17-23)16-21(24)22(25,19-11-5-3-6-12-19)20-13-7-4-8-14-20/h3-8,11-14,18,25H,9-10,15-17H2,1-2H3/q+1. The summed E-state index contributed by atoms with van der Waals surface area (Å²) in [7, 11) is 4.44. The van der Waals surface area contributed by atoms with Crippen molar-refractivity contribution < 1.29 is 14.4 Å². The predicted molar refractivity (Wildman–Crippen MR) is 100 cm³/mol. The summed E-state index contributed by atoms with van der Waals surface area (Å²) in [5.74, 6) is 0.229. The van der Waals surface area contributed by atoms with E-state index in [9.17, 15) is 9.90 Å². The Morgan fingerprint density at radius 2 is 1.56 bits per heavy atom. The van der Waals surface area contributed by atoms with Crippen LogP contribution in [0.2, 0.25) is 0 Å². The number of carbonyl (C=O) groups is 1. The van der Waals surface area contributed by atoms with Crippen LogP contribution in [0.15, 0.2) is 60.7 Å². The number of nitrogens with zero attached hydrogens (tertiary/aromatic N) is 1. The molecule has 0 radical (unpaired) electrons. The molecule has 3 heteroatoms. The molecule has 0 aromatic heterocycles. The van der Waals surface area contributed by atoms with Crippen molar-refractivity contribution in [3.63, 3.8) is 0 Å². The molecular formula is C22H28NO2+. The van der Waals surface area contributed by atoms with Crippen molar-refractivity contribution in [3.05, 3.63) is 71.8 Å². The van der Waals surface area contributed by atoms with Gasteiger partial charge in [0.15, 0.2) is 11.4 Å². The van der Waals surface area contributed by atoms with Crippen LogP contribution in [-0.4, -0.2) is 42.6 Å². The monoisotopic (exact) mass is 338 g/mol. The van der Waals surface area contributed by atoms with Gasteiger partial charge in [0.1, 0.15) is 0 Å². The van der Waals surface area contributed by atoms with E-state index in [2.05, 4.69) is 14.1 Å². The Morgan fingerprint density at radius 1 is 1.04 bits per heavy atom. The minimum Gasteiger partial charge on any atom is -0.373 e.